The van der Waals surface area contributed by atoms with Crippen LogP contribution in [0.1, 0.15) is 24.9 Å². The summed E-state index contributed by atoms with van der Waals surface area (Å²) in [5.74, 6) is 0. The van der Waals surface area contributed by atoms with Crippen LogP contribution in [0.2, 0.25) is 0 Å². The summed E-state index contributed by atoms with van der Waals surface area (Å²) in [6, 6.07) is 1.83. The molecule has 0 amide bonds. The van der Waals surface area contributed by atoms with Crippen molar-refractivity contribution in [2.75, 3.05) is 26.2 Å². The third-order valence-electron chi connectivity index (χ3n) is 3.06. The van der Waals surface area contributed by atoms with E-state index in [0.29, 0.717) is 27.9 Å². The Morgan fingerprint density at radius 3 is 3.00 bits per heavy atom. The fourth-order valence-electron chi connectivity index (χ4n) is 2.22. The zero-order valence-electron chi connectivity index (χ0n) is 10.7. The van der Waals surface area contributed by atoms with Crippen molar-refractivity contribution in [2.24, 2.45) is 0 Å². The van der Waals surface area contributed by atoms with Crippen molar-refractivity contribution in [3.63, 3.8) is 0 Å². The number of thiophene rings is 1. The zero-order valence-corrected chi connectivity index (χ0v) is 13.2. The molecule has 1 aliphatic rings. The highest BCUT2D eigenvalue weighted by atomic mass is 32.3. The van der Waals surface area contributed by atoms with Gasteiger partial charge in [-0.2, -0.15) is 4.31 Å². The normalized spacial score (nSPS) is 22.4. The Morgan fingerprint density at radius 2 is 2.37 bits per heavy atom. The minimum atomic E-state index is -3.43. The number of fused-ring (bicyclic) bond motifs is 1. The maximum absolute atomic E-state index is 12.5. The molecular formula is C11H18N2O3S3. The molecule has 1 atom stereocenters. The van der Waals surface area contributed by atoms with Crippen LogP contribution < -0.4 is 5.32 Å². The van der Waals surface area contributed by atoms with Gasteiger partial charge in [0.15, 0.2) is 0 Å². The molecule has 1 aliphatic heterocycles. The molecule has 0 saturated carbocycles. The molecule has 0 fully saturated rings. The van der Waals surface area contributed by atoms with Gasteiger partial charge in [-0.25, -0.2) is 8.42 Å². The van der Waals surface area contributed by atoms with Crippen LogP contribution in [0, 0.1) is 0 Å². The molecule has 0 spiro atoms. The first kappa shape index (κ1) is 15.3. The number of nitrogens with zero attached hydrogens (tertiary/aromatic N) is 1. The molecule has 1 aromatic rings. The van der Waals surface area contributed by atoms with Gasteiger partial charge in [-0.05, 0) is 19.0 Å². The van der Waals surface area contributed by atoms with E-state index in [2.05, 4.69) is 17.9 Å². The van der Waals surface area contributed by atoms with Crippen LogP contribution in [0.4, 0.5) is 0 Å². The molecule has 2 rings (SSSR count). The van der Waals surface area contributed by atoms with Crippen molar-refractivity contribution < 1.29 is 13.5 Å². The van der Waals surface area contributed by atoms with Crippen LogP contribution in [0.3, 0.4) is 0 Å². The van der Waals surface area contributed by atoms with E-state index in [-0.39, 0.29) is 12.6 Å². The Hall–Kier alpha value is -0.120. The van der Waals surface area contributed by atoms with Gasteiger partial charge in [0.05, 0.1) is 4.21 Å². The second kappa shape index (κ2) is 6.11. The van der Waals surface area contributed by atoms with Gasteiger partial charge in [0.2, 0.25) is 0 Å². The highest BCUT2D eigenvalue weighted by Crippen LogP contribution is 2.39. The average molecular weight is 322 g/mol. The number of likely N-dealkylation sites (N-methyl/N-ethyl adjacent to an activating group) is 1. The van der Waals surface area contributed by atoms with E-state index in [1.165, 1.54) is 15.6 Å². The quantitative estimate of drug-likeness (QED) is 0.710. The van der Waals surface area contributed by atoms with Crippen molar-refractivity contribution >= 4 is 34.0 Å². The minimum absolute atomic E-state index is 0.000585. The van der Waals surface area contributed by atoms with Crippen LogP contribution in [0.25, 0.3) is 0 Å². The number of hydrogen-bond donors (Lipinski definition) is 3. The maximum atomic E-state index is 12.5. The van der Waals surface area contributed by atoms with Gasteiger partial charge in [-0.1, -0.05) is 6.92 Å². The number of rotatable bonds is 5. The first-order valence-corrected chi connectivity index (χ1v) is 8.88. The lowest BCUT2D eigenvalue weighted by Gasteiger charge is -2.32. The lowest BCUT2D eigenvalue weighted by molar-refractivity contribution is 0.260. The van der Waals surface area contributed by atoms with Crippen LogP contribution >= 0.6 is 24.0 Å². The molecule has 0 aromatic carbocycles. The highest BCUT2D eigenvalue weighted by Gasteiger charge is 2.38. The smallest absolute Gasteiger partial charge is 0.252 e. The third-order valence-corrected chi connectivity index (χ3v) is 6.81. The fourth-order valence-corrected chi connectivity index (χ4v) is 5.96. The summed E-state index contributed by atoms with van der Waals surface area (Å²) in [7, 11) is -3.43. The van der Waals surface area contributed by atoms with E-state index in [1.54, 1.807) is 0 Å². The Morgan fingerprint density at radius 1 is 1.63 bits per heavy atom. The molecule has 0 radical (unpaired) electrons. The standard InChI is InChI=1S/C11H18N2O3S3/c1-2-12-9-7-13(4-3-5-14)19(15,16)11-8(9)6-10(17)18-11/h6,9,12,14,17H,2-5,7H2,1H3/t9-/m0/s1. The Balaban J connectivity index is 2.39. The van der Waals surface area contributed by atoms with Gasteiger partial charge in [-0.3, -0.25) is 0 Å². The van der Waals surface area contributed by atoms with Crippen molar-refractivity contribution in [3.05, 3.63) is 11.6 Å². The number of thiol groups is 1. The summed E-state index contributed by atoms with van der Waals surface area (Å²) < 4.78 is 27.5. The zero-order chi connectivity index (χ0) is 14.0. The predicted molar refractivity (Wildman–Crippen MR) is 78.5 cm³/mol. The lowest BCUT2D eigenvalue weighted by atomic mass is 10.1. The summed E-state index contributed by atoms with van der Waals surface area (Å²) in [6.45, 7) is 3.52. The second-order valence-corrected chi connectivity index (χ2v) is 8.35. The van der Waals surface area contributed by atoms with E-state index < -0.39 is 10.0 Å². The molecule has 19 heavy (non-hydrogen) atoms. The average Bonchev–Trinajstić information content (AvgIpc) is 2.75. The third kappa shape index (κ3) is 2.98. The van der Waals surface area contributed by atoms with Crippen LogP contribution in [-0.4, -0.2) is 44.1 Å². The molecule has 0 bridgehead atoms. The molecule has 2 heterocycles. The molecule has 1 aromatic heterocycles. The van der Waals surface area contributed by atoms with Gasteiger partial charge in [0.1, 0.15) is 4.21 Å². The highest BCUT2D eigenvalue weighted by molar-refractivity contribution is 7.92. The van der Waals surface area contributed by atoms with Crippen molar-refractivity contribution in [2.45, 2.75) is 27.8 Å². The van der Waals surface area contributed by atoms with Crippen LogP contribution in [0.15, 0.2) is 14.5 Å². The Kier molecular flexibility index (Phi) is 4.91. The molecule has 0 saturated heterocycles. The van der Waals surface area contributed by atoms with Crippen molar-refractivity contribution in [1.29, 1.82) is 0 Å². The summed E-state index contributed by atoms with van der Waals surface area (Å²) >= 11 is 5.46. The maximum Gasteiger partial charge on any atom is 0.252 e. The van der Waals surface area contributed by atoms with Gasteiger partial charge in [0.25, 0.3) is 10.0 Å². The summed E-state index contributed by atoms with van der Waals surface area (Å²) in [4.78, 5) is 0. The minimum Gasteiger partial charge on any atom is -0.396 e. The van der Waals surface area contributed by atoms with Gasteiger partial charge >= 0.3 is 0 Å². The number of aliphatic hydroxyl groups is 1. The molecule has 5 nitrogen and oxygen atoms in total. The van der Waals surface area contributed by atoms with E-state index in [0.717, 1.165) is 12.1 Å². The van der Waals surface area contributed by atoms with Gasteiger partial charge in [-0.15, -0.1) is 24.0 Å². The number of hydrogen-bond acceptors (Lipinski definition) is 6. The fraction of sp³-hybridized carbons (Fsp3) is 0.636. The van der Waals surface area contributed by atoms with Gasteiger partial charge < -0.3 is 10.4 Å². The number of sulfonamides is 1. The molecule has 108 valence electrons. The van der Waals surface area contributed by atoms with Gasteiger partial charge in [0, 0.05) is 31.3 Å². The number of nitrogens with one attached hydrogen (secondary N) is 1. The SMILES string of the molecule is CCN[C@H]1CN(CCCO)S(=O)(=O)c2sc(S)cc21. The number of aliphatic hydroxyl groups excluding tert-OH is 1. The van der Waals surface area contributed by atoms with Crippen molar-refractivity contribution in [3.8, 4) is 0 Å². The predicted octanol–water partition coefficient (Wildman–Crippen LogP) is 1.07. The van der Waals surface area contributed by atoms with Crippen LogP contribution in [0.5, 0.6) is 0 Å². The Bertz CT molecular complexity index is 541. The largest absolute Gasteiger partial charge is 0.396 e. The first-order valence-electron chi connectivity index (χ1n) is 6.17. The molecule has 0 aliphatic carbocycles. The second-order valence-electron chi connectivity index (χ2n) is 4.38. The summed E-state index contributed by atoms with van der Waals surface area (Å²) in [5, 5.41) is 12.2. The molecular weight excluding hydrogens is 304 g/mol. The Labute approximate surface area is 123 Å². The lowest BCUT2D eigenvalue weighted by Crippen LogP contribution is -2.43. The van der Waals surface area contributed by atoms with E-state index >= 15 is 0 Å². The van der Waals surface area contributed by atoms with E-state index in [4.69, 9.17) is 5.11 Å². The summed E-state index contributed by atoms with van der Waals surface area (Å²) in [6.07, 6.45) is 0.451. The monoisotopic (exact) mass is 322 g/mol. The summed E-state index contributed by atoms with van der Waals surface area (Å²) in [5.41, 5.74) is 0.817. The first-order chi connectivity index (χ1) is 9.00. The van der Waals surface area contributed by atoms with E-state index in [9.17, 15) is 8.42 Å². The van der Waals surface area contributed by atoms with Crippen molar-refractivity contribution in [1.82, 2.24) is 9.62 Å². The van der Waals surface area contributed by atoms with Crippen LogP contribution in [-0.2, 0) is 10.0 Å². The topological polar surface area (TPSA) is 69.6 Å². The molecule has 0 unspecified atom stereocenters. The van der Waals surface area contributed by atoms with E-state index in [1.807, 2.05) is 13.0 Å². The molecule has 8 heteroatoms. The molecule has 2 N–H and O–H groups in total.